The van der Waals surface area contributed by atoms with Crippen LogP contribution in [0.5, 0.6) is 5.75 Å². The Morgan fingerprint density at radius 2 is 2.03 bits per heavy atom. The molecule has 0 spiro atoms. The van der Waals surface area contributed by atoms with Crippen molar-refractivity contribution in [2.45, 2.75) is 13.3 Å². The average Bonchev–Trinajstić information content (AvgIpc) is 2.78. The fourth-order valence-electron chi connectivity index (χ4n) is 3.10. The van der Waals surface area contributed by atoms with Crippen LogP contribution in [0.25, 0.3) is 11.0 Å². The SMILES string of the molecule is COCCNSNc1cccc(Cc2c(C)c3cc(Cl)c(OC(=O)N(C)C)cc3oc2=O)c1. The van der Waals surface area contributed by atoms with Crippen LogP contribution in [0.4, 0.5) is 10.5 Å². The monoisotopic (exact) mass is 491 g/mol. The van der Waals surface area contributed by atoms with Crippen molar-refractivity contribution in [3.63, 3.8) is 0 Å². The Morgan fingerprint density at radius 3 is 2.76 bits per heavy atom. The molecule has 1 aromatic heterocycles. The molecule has 1 amide bonds. The van der Waals surface area contributed by atoms with Gasteiger partial charge in [0.25, 0.3) is 0 Å². The summed E-state index contributed by atoms with van der Waals surface area (Å²) in [5.74, 6) is 0.133. The Morgan fingerprint density at radius 1 is 1.24 bits per heavy atom. The van der Waals surface area contributed by atoms with E-state index in [-0.39, 0.29) is 10.8 Å². The predicted molar refractivity (Wildman–Crippen MR) is 132 cm³/mol. The maximum Gasteiger partial charge on any atom is 0.414 e. The van der Waals surface area contributed by atoms with Crippen molar-refractivity contribution in [1.82, 2.24) is 9.62 Å². The summed E-state index contributed by atoms with van der Waals surface area (Å²) in [7, 11) is 4.78. The first-order valence-corrected chi connectivity index (χ1v) is 11.4. The maximum atomic E-state index is 12.8. The molecule has 2 aromatic carbocycles. The van der Waals surface area contributed by atoms with Crippen molar-refractivity contribution in [3.05, 3.63) is 68.5 Å². The van der Waals surface area contributed by atoms with Gasteiger partial charge in [0.15, 0.2) is 5.75 Å². The number of carbonyl (C=O) groups is 1. The molecule has 8 nitrogen and oxygen atoms in total. The molecule has 176 valence electrons. The molecule has 33 heavy (non-hydrogen) atoms. The van der Waals surface area contributed by atoms with Crippen LogP contribution in [0.2, 0.25) is 5.02 Å². The van der Waals surface area contributed by atoms with Crippen molar-refractivity contribution in [3.8, 4) is 5.75 Å². The van der Waals surface area contributed by atoms with Crippen molar-refractivity contribution >= 4 is 46.5 Å². The molecule has 0 bridgehead atoms. The maximum absolute atomic E-state index is 12.8. The molecule has 0 aliphatic heterocycles. The quantitative estimate of drug-likeness (QED) is 0.254. The number of hydrogen-bond acceptors (Lipinski definition) is 8. The number of fused-ring (bicyclic) bond motifs is 1. The van der Waals surface area contributed by atoms with E-state index >= 15 is 0 Å². The van der Waals surface area contributed by atoms with E-state index in [0.717, 1.165) is 16.8 Å². The van der Waals surface area contributed by atoms with Crippen LogP contribution >= 0.6 is 23.7 Å². The lowest BCUT2D eigenvalue weighted by Crippen LogP contribution is -2.25. The zero-order valence-corrected chi connectivity index (χ0v) is 20.4. The smallest absolute Gasteiger partial charge is 0.414 e. The van der Waals surface area contributed by atoms with Crippen LogP contribution < -0.4 is 19.8 Å². The summed E-state index contributed by atoms with van der Waals surface area (Å²) in [5.41, 5.74) is 3.03. The van der Waals surface area contributed by atoms with E-state index in [9.17, 15) is 9.59 Å². The standard InChI is InChI=1S/C23H26ClN3O5S/c1-14-17-12-19(24)21(32-23(29)27(2)3)13-20(17)31-22(28)18(14)11-15-6-5-7-16(10-15)26-33-25-8-9-30-4/h5-7,10,12-13,25-26H,8-9,11H2,1-4H3. The number of anilines is 1. The molecule has 0 saturated heterocycles. The highest BCUT2D eigenvalue weighted by molar-refractivity contribution is 7.98. The molecular weight excluding hydrogens is 466 g/mol. The van der Waals surface area contributed by atoms with E-state index < -0.39 is 11.7 Å². The summed E-state index contributed by atoms with van der Waals surface area (Å²) >= 11 is 7.70. The second-order valence-electron chi connectivity index (χ2n) is 7.50. The fraction of sp³-hybridized carbons (Fsp3) is 0.304. The first kappa shape index (κ1) is 24.9. The minimum atomic E-state index is -0.576. The Kier molecular flexibility index (Phi) is 8.62. The Hall–Kier alpha value is -2.72. The van der Waals surface area contributed by atoms with Gasteiger partial charge in [-0.1, -0.05) is 23.7 Å². The zero-order valence-electron chi connectivity index (χ0n) is 18.9. The molecule has 0 saturated carbocycles. The topological polar surface area (TPSA) is 93.0 Å². The summed E-state index contributed by atoms with van der Waals surface area (Å²) in [6.07, 6.45) is -0.177. The minimum Gasteiger partial charge on any atom is -0.422 e. The van der Waals surface area contributed by atoms with Gasteiger partial charge in [-0.3, -0.25) is 0 Å². The van der Waals surface area contributed by atoms with Gasteiger partial charge in [-0.05, 0) is 36.2 Å². The van der Waals surface area contributed by atoms with Gasteiger partial charge >= 0.3 is 11.7 Å². The molecule has 3 aromatic rings. The lowest BCUT2D eigenvalue weighted by Gasteiger charge is -2.14. The highest BCUT2D eigenvalue weighted by atomic mass is 35.5. The molecule has 0 atom stereocenters. The van der Waals surface area contributed by atoms with E-state index in [4.69, 9.17) is 25.5 Å². The number of methoxy groups -OCH3 is 1. The fourth-order valence-corrected chi connectivity index (χ4v) is 3.80. The van der Waals surface area contributed by atoms with Gasteiger partial charge in [0.2, 0.25) is 0 Å². The number of aryl methyl sites for hydroxylation is 1. The van der Waals surface area contributed by atoms with E-state index in [1.165, 1.54) is 23.1 Å². The van der Waals surface area contributed by atoms with Gasteiger partial charge in [-0.25, -0.2) is 14.3 Å². The second kappa shape index (κ2) is 11.4. The highest BCUT2D eigenvalue weighted by Gasteiger charge is 2.17. The number of hydrogen-bond donors (Lipinski definition) is 2. The third kappa shape index (κ3) is 6.42. The van der Waals surface area contributed by atoms with Gasteiger partial charge in [-0.2, -0.15) is 0 Å². The second-order valence-corrected chi connectivity index (χ2v) is 8.61. The van der Waals surface area contributed by atoms with Gasteiger partial charge in [0.1, 0.15) is 5.58 Å². The lowest BCUT2D eigenvalue weighted by molar-refractivity contribution is 0.172. The van der Waals surface area contributed by atoms with E-state index in [1.807, 2.05) is 31.2 Å². The van der Waals surface area contributed by atoms with Crippen LogP contribution in [-0.2, 0) is 11.2 Å². The van der Waals surface area contributed by atoms with Crippen LogP contribution in [0.3, 0.4) is 0 Å². The molecule has 0 fully saturated rings. The first-order chi connectivity index (χ1) is 15.8. The molecule has 0 radical (unpaired) electrons. The van der Waals surface area contributed by atoms with Gasteiger partial charge < -0.3 is 23.5 Å². The van der Waals surface area contributed by atoms with E-state index in [0.29, 0.717) is 36.1 Å². The normalized spacial score (nSPS) is 10.9. The molecule has 1 heterocycles. The predicted octanol–water partition coefficient (Wildman–Crippen LogP) is 4.62. The third-order valence-corrected chi connectivity index (χ3v) is 5.84. The van der Waals surface area contributed by atoms with Crippen molar-refractivity contribution < 1.29 is 18.7 Å². The van der Waals surface area contributed by atoms with Crippen LogP contribution in [0, 0.1) is 6.92 Å². The number of benzene rings is 2. The summed E-state index contributed by atoms with van der Waals surface area (Å²) in [6, 6.07) is 10.9. The zero-order chi connectivity index (χ0) is 24.0. The number of amides is 1. The number of carbonyl (C=O) groups excluding carboxylic acids is 1. The van der Waals surface area contributed by atoms with Crippen LogP contribution in [0.1, 0.15) is 16.7 Å². The molecule has 2 N–H and O–H groups in total. The molecule has 0 aliphatic rings. The van der Waals surface area contributed by atoms with E-state index in [1.54, 1.807) is 27.3 Å². The van der Waals surface area contributed by atoms with Gasteiger partial charge in [-0.15, -0.1) is 0 Å². The molecule has 0 aliphatic carbocycles. The Labute approximate surface area is 201 Å². The van der Waals surface area contributed by atoms with Gasteiger partial charge in [0, 0.05) is 69.0 Å². The number of nitrogens with zero attached hydrogens (tertiary/aromatic N) is 1. The number of ether oxygens (including phenoxy) is 2. The summed E-state index contributed by atoms with van der Waals surface area (Å²) in [6.45, 7) is 3.19. The van der Waals surface area contributed by atoms with Crippen molar-refractivity contribution in [2.75, 3.05) is 39.1 Å². The van der Waals surface area contributed by atoms with E-state index in [2.05, 4.69) is 9.44 Å². The van der Waals surface area contributed by atoms with Crippen molar-refractivity contribution in [1.29, 1.82) is 0 Å². The Bertz CT molecular complexity index is 1200. The Balaban J connectivity index is 1.83. The molecule has 3 rings (SSSR count). The third-order valence-electron chi connectivity index (χ3n) is 4.86. The highest BCUT2D eigenvalue weighted by Crippen LogP contribution is 2.32. The van der Waals surface area contributed by atoms with Crippen molar-refractivity contribution in [2.24, 2.45) is 0 Å². The number of halogens is 1. The van der Waals surface area contributed by atoms with Gasteiger partial charge in [0.05, 0.1) is 11.6 Å². The largest absolute Gasteiger partial charge is 0.422 e. The molecule has 0 unspecified atom stereocenters. The first-order valence-electron chi connectivity index (χ1n) is 10.2. The lowest BCUT2D eigenvalue weighted by atomic mass is 9.99. The number of rotatable bonds is 9. The summed E-state index contributed by atoms with van der Waals surface area (Å²) in [4.78, 5) is 25.9. The number of nitrogens with one attached hydrogen (secondary N) is 2. The molecular formula is C23H26ClN3O5S. The van der Waals surface area contributed by atoms with Crippen LogP contribution in [-0.4, -0.2) is 45.3 Å². The summed E-state index contributed by atoms with van der Waals surface area (Å²) < 4.78 is 22.2. The minimum absolute atomic E-state index is 0.133. The van der Waals surface area contributed by atoms with Crippen LogP contribution in [0.15, 0.2) is 45.6 Å². The summed E-state index contributed by atoms with van der Waals surface area (Å²) in [5, 5.41) is 0.941. The average molecular weight is 492 g/mol. The molecule has 10 heteroatoms.